The Morgan fingerprint density at radius 1 is 0.806 bits per heavy atom. The summed E-state index contributed by atoms with van der Waals surface area (Å²) >= 11 is 0. The summed E-state index contributed by atoms with van der Waals surface area (Å²) in [6, 6.07) is 20.1. The summed E-state index contributed by atoms with van der Waals surface area (Å²) in [5.41, 5.74) is 7.49. The average Bonchev–Trinajstić information content (AvgIpc) is 3.55. The lowest BCUT2D eigenvalue weighted by atomic mass is 9.79. The van der Waals surface area contributed by atoms with Gasteiger partial charge in [0.05, 0.1) is 5.56 Å². The number of hydrogen-bond donors (Lipinski definition) is 0. The van der Waals surface area contributed by atoms with Crippen molar-refractivity contribution in [3.63, 3.8) is 0 Å². The van der Waals surface area contributed by atoms with Crippen LogP contribution < -0.4 is 4.57 Å². The third kappa shape index (κ3) is 3.34. The molecule has 0 bridgehead atoms. The van der Waals surface area contributed by atoms with Crippen LogP contribution in [0.3, 0.4) is 0 Å². The van der Waals surface area contributed by atoms with Gasteiger partial charge in [-0.25, -0.2) is 4.57 Å². The van der Waals surface area contributed by atoms with E-state index < -0.39 is 18.6 Å². The number of rotatable bonds is 3. The SMILES string of the molecule is [2H]C1([2H])CCC([2H])([2H])c2c(C3([2H])CCCC3)ccc(-c3cccc4c3oc3c(-c5cccc[n+]5C)c(C)ccc34)c21. The normalized spacial score (nSPS) is 21.9. The fourth-order valence-corrected chi connectivity index (χ4v) is 6.21. The largest absolute Gasteiger partial charge is 0.454 e. The molecule has 2 heterocycles. The molecule has 0 unspecified atom stereocenters. The van der Waals surface area contributed by atoms with E-state index in [-0.39, 0.29) is 12.8 Å². The number of hydrogen-bond acceptors (Lipinski definition) is 1. The molecule has 2 aliphatic carbocycles. The number of furan rings is 1. The number of nitrogens with zero attached hydrogens (tertiary/aromatic N) is 1. The van der Waals surface area contributed by atoms with Crippen LogP contribution in [-0.2, 0) is 19.8 Å². The number of pyridine rings is 1. The van der Waals surface area contributed by atoms with E-state index in [0.717, 1.165) is 51.6 Å². The molecule has 180 valence electrons. The summed E-state index contributed by atoms with van der Waals surface area (Å²) in [6.07, 6.45) is 2.01. The van der Waals surface area contributed by atoms with E-state index in [4.69, 9.17) is 9.90 Å². The van der Waals surface area contributed by atoms with Gasteiger partial charge in [-0.1, -0.05) is 55.3 Å². The molecule has 2 heteroatoms. The van der Waals surface area contributed by atoms with Crippen LogP contribution in [-0.4, -0.2) is 0 Å². The fraction of sp³-hybridized carbons (Fsp3) is 0.324. The molecule has 2 aromatic heterocycles. The van der Waals surface area contributed by atoms with Crippen LogP contribution in [0, 0.1) is 6.92 Å². The lowest BCUT2D eigenvalue weighted by Crippen LogP contribution is -2.30. The molecule has 5 aromatic rings. The van der Waals surface area contributed by atoms with Crippen LogP contribution >= 0.6 is 0 Å². The topological polar surface area (TPSA) is 17.0 Å². The molecule has 0 radical (unpaired) electrons. The molecule has 36 heavy (non-hydrogen) atoms. The van der Waals surface area contributed by atoms with Gasteiger partial charge in [-0.05, 0) is 85.1 Å². The number of benzene rings is 3. The number of aryl methyl sites for hydroxylation is 2. The standard InChI is InChI=1S/C34H34NO/c1-22-17-18-30-29-15-9-14-28(33(29)36-34(30)32(22)31-16-7-8-21-35(31)2)27-20-19-24(23-10-3-4-11-23)25-12-5-6-13-26(25)27/h7-9,14-21,23H,3-6,10-13H2,1-2H3/q+1/i12D2,13D2,23D. The van der Waals surface area contributed by atoms with Gasteiger partial charge in [-0.3, -0.25) is 0 Å². The Morgan fingerprint density at radius 3 is 2.44 bits per heavy atom. The summed E-state index contributed by atoms with van der Waals surface area (Å²) in [5, 5.41) is 1.94. The molecule has 2 aliphatic rings. The van der Waals surface area contributed by atoms with Crippen molar-refractivity contribution >= 4 is 21.9 Å². The molecule has 1 saturated carbocycles. The highest BCUT2D eigenvalue weighted by Gasteiger charge is 2.26. The third-order valence-corrected chi connectivity index (χ3v) is 8.00. The van der Waals surface area contributed by atoms with Gasteiger partial charge >= 0.3 is 0 Å². The Hall–Kier alpha value is -3.39. The highest BCUT2D eigenvalue weighted by atomic mass is 16.3. The first-order valence-corrected chi connectivity index (χ1v) is 13.1. The van der Waals surface area contributed by atoms with Crippen LogP contribution in [0.2, 0.25) is 0 Å². The lowest BCUT2D eigenvalue weighted by Gasteiger charge is -2.25. The summed E-state index contributed by atoms with van der Waals surface area (Å²) in [4.78, 5) is 0. The average molecular weight is 478 g/mol. The van der Waals surface area contributed by atoms with Gasteiger partial charge in [-0.2, -0.15) is 0 Å². The zero-order valence-electron chi connectivity index (χ0n) is 25.9. The quantitative estimate of drug-likeness (QED) is 0.238. The van der Waals surface area contributed by atoms with E-state index in [1.54, 1.807) is 0 Å². The molecule has 0 N–H and O–H groups in total. The highest BCUT2D eigenvalue weighted by molar-refractivity contribution is 6.13. The van der Waals surface area contributed by atoms with Crippen LogP contribution in [0.5, 0.6) is 0 Å². The molecule has 0 saturated heterocycles. The molecular formula is C34H34NO+. The summed E-state index contributed by atoms with van der Waals surface area (Å²) in [5.74, 6) is -0.883. The van der Waals surface area contributed by atoms with E-state index >= 15 is 0 Å². The molecular weight excluding hydrogens is 438 g/mol. The van der Waals surface area contributed by atoms with Crippen molar-refractivity contribution < 1.29 is 15.8 Å². The van der Waals surface area contributed by atoms with E-state index in [1.165, 1.54) is 0 Å². The maximum atomic E-state index is 9.28. The van der Waals surface area contributed by atoms with E-state index in [9.17, 15) is 1.37 Å². The first-order valence-electron chi connectivity index (χ1n) is 15.6. The van der Waals surface area contributed by atoms with Gasteiger partial charge < -0.3 is 4.42 Å². The molecule has 1 fully saturated rings. The number of fused-ring (bicyclic) bond motifs is 4. The van der Waals surface area contributed by atoms with Crippen LogP contribution in [0.15, 0.2) is 71.3 Å². The first kappa shape index (κ1) is 17.1. The van der Waals surface area contributed by atoms with E-state index in [2.05, 4.69) is 29.7 Å². The van der Waals surface area contributed by atoms with Gasteiger partial charge in [0.2, 0.25) is 5.69 Å². The van der Waals surface area contributed by atoms with Crippen molar-refractivity contribution in [1.82, 2.24) is 0 Å². The number of para-hydroxylation sites is 1. The Kier molecular flexibility index (Phi) is 4.10. The summed E-state index contributed by atoms with van der Waals surface area (Å²) in [6.45, 7) is 2.08. The van der Waals surface area contributed by atoms with Gasteiger partial charge in [-0.15, -0.1) is 0 Å². The highest BCUT2D eigenvalue weighted by Crippen LogP contribution is 2.45. The summed E-state index contributed by atoms with van der Waals surface area (Å²) < 4.78 is 54.5. The maximum Gasteiger partial charge on any atom is 0.216 e. The Balaban J connectivity index is 1.55. The molecule has 7 rings (SSSR count). The third-order valence-electron chi connectivity index (χ3n) is 8.00. The van der Waals surface area contributed by atoms with Gasteiger partial charge in [0.15, 0.2) is 6.20 Å². The van der Waals surface area contributed by atoms with Crippen molar-refractivity contribution in [3.05, 3.63) is 89.1 Å². The molecule has 0 spiro atoms. The first-order chi connectivity index (χ1) is 19.5. The van der Waals surface area contributed by atoms with E-state index in [1.807, 2.05) is 55.7 Å². The zero-order chi connectivity index (χ0) is 28.7. The van der Waals surface area contributed by atoms with Crippen molar-refractivity contribution in [2.45, 2.75) is 64.1 Å². The van der Waals surface area contributed by atoms with Crippen molar-refractivity contribution in [3.8, 4) is 22.4 Å². The van der Waals surface area contributed by atoms with Crippen molar-refractivity contribution in [1.29, 1.82) is 0 Å². The monoisotopic (exact) mass is 477 g/mol. The van der Waals surface area contributed by atoms with Crippen LogP contribution in [0.25, 0.3) is 44.3 Å². The second kappa shape index (κ2) is 8.62. The second-order valence-corrected chi connectivity index (χ2v) is 10.2. The Labute approximate surface area is 220 Å². The van der Waals surface area contributed by atoms with Crippen molar-refractivity contribution in [2.24, 2.45) is 7.05 Å². The van der Waals surface area contributed by atoms with Gasteiger partial charge in [0.1, 0.15) is 18.2 Å². The van der Waals surface area contributed by atoms with E-state index in [0.29, 0.717) is 40.7 Å². The Morgan fingerprint density at radius 2 is 1.61 bits per heavy atom. The van der Waals surface area contributed by atoms with Crippen LogP contribution in [0.1, 0.15) is 73.5 Å². The second-order valence-electron chi connectivity index (χ2n) is 10.2. The lowest BCUT2D eigenvalue weighted by molar-refractivity contribution is -0.660. The summed E-state index contributed by atoms with van der Waals surface area (Å²) in [7, 11) is 2.02. The Bertz CT molecular complexity index is 1850. The molecule has 0 aliphatic heterocycles. The molecule has 0 atom stereocenters. The minimum atomic E-state index is -1.73. The minimum Gasteiger partial charge on any atom is -0.454 e. The molecule has 2 nitrogen and oxygen atoms in total. The molecule has 3 aromatic carbocycles. The van der Waals surface area contributed by atoms with Gasteiger partial charge in [0.25, 0.3) is 0 Å². The number of aromatic nitrogens is 1. The minimum absolute atomic E-state index is 0.0956. The zero-order valence-corrected chi connectivity index (χ0v) is 20.9. The fourth-order valence-electron chi connectivity index (χ4n) is 6.21. The van der Waals surface area contributed by atoms with Crippen LogP contribution in [0.4, 0.5) is 0 Å². The smallest absolute Gasteiger partial charge is 0.216 e. The predicted molar refractivity (Wildman–Crippen MR) is 148 cm³/mol. The maximum absolute atomic E-state index is 9.28. The predicted octanol–water partition coefficient (Wildman–Crippen LogP) is 8.59. The van der Waals surface area contributed by atoms with Gasteiger partial charge in [0, 0.05) is 35.3 Å². The van der Waals surface area contributed by atoms with Crippen molar-refractivity contribution in [2.75, 3.05) is 0 Å². The molecule has 0 amide bonds.